The van der Waals surface area contributed by atoms with Gasteiger partial charge in [-0.15, -0.1) is 0 Å². The van der Waals surface area contributed by atoms with Crippen molar-refractivity contribution < 1.29 is 9.53 Å². The standard InChI is InChI=1S/C27H30N6O2/c1-17(21-13-26(34)30-15-21)35-25-12-19(11-23-27(25)33(16-31-23)22-3-4-22)18-2-5-24(20(10-18)14-28)32-8-6-29-7-9-32/h2,5,10-12,16-17,21-22,29H,3-4,6-9,13,15H2,1H3,(H,30,34). The number of hydrogen-bond donors (Lipinski definition) is 2. The lowest BCUT2D eigenvalue weighted by molar-refractivity contribution is -0.119. The predicted molar refractivity (Wildman–Crippen MR) is 134 cm³/mol. The number of carbonyl (C=O) groups is 1. The van der Waals surface area contributed by atoms with E-state index in [1.54, 1.807) is 0 Å². The molecule has 1 saturated carbocycles. The first-order chi connectivity index (χ1) is 17.1. The van der Waals surface area contributed by atoms with Crippen LogP contribution in [0.25, 0.3) is 22.2 Å². The first-order valence-electron chi connectivity index (χ1n) is 12.5. The van der Waals surface area contributed by atoms with Gasteiger partial charge in [-0.3, -0.25) is 4.79 Å². The van der Waals surface area contributed by atoms with Gasteiger partial charge < -0.3 is 24.8 Å². The van der Waals surface area contributed by atoms with Gasteiger partial charge in [-0.25, -0.2) is 4.98 Å². The van der Waals surface area contributed by atoms with Gasteiger partial charge in [0.05, 0.1) is 23.1 Å². The molecule has 3 aromatic rings. The molecule has 3 aliphatic rings. The number of rotatable bonds is 6. The molecule has 2 saturated heterocycles. The second-order valence-corrected chi connectivity index (χ2v) is 9.90. The highest BCUT2D eigenvalue weighted by Gasteiger charge is 2.30. The number of aromatic nitrogens is 2. The van der Waals surface area contributed by atoms with Crippen molar-refractivity contribution in [3.8, 4) is 22.9 Å². The van der Waals surface area contributed by atoms with Crippen molar-refractivity contribution in [1.82, 2.24) is 20.2 Å². The Morgan fingerprint density at radius 3 is 2.71 bits per heavy atom. The molecule has 2 N–H and O–H groups in total. The zero-order valence-corrected chi connectivity index (χ0v) is 20.0. The zero-order chi connectivity index (χ0) is 23.9. The van der Waals surface area contributed by atoms with Crippen molar-refractivity contribution in [2.45, 2.75) is 38.3 Å². The van der Waals surface area contributed by atoms with Gasteiger partial charge in [0.1, 0.15) is 23.4 Å². The molecule has 2 atom stereocenters. The van der Waals surface area contributed by atoms with Gasteiger partial charge in [0.15, 0.2) is 0 Å². The summed E-state index contributed by atoms with van der Waals surface area (Å²) in [6.07, 6.45) is 4.60. The number of anilines is 1. The molecule has 0 bridgehead atoms. The minimum absolute atomic E-state index is 0.0842. The number of amides is 1. The Labute approximate surface area is 204 Å². The number of nitrogens with one attached hydrogen (secondary N) is 2. The van der Waals surface area contributed by atoms with Crippen molar-refractivity contribution in [1.29, 1.82) is 5.26 Å². The number of fused-ring (bicyclic) bond motifs is 1. The second kappa shape index (κ2) is 8.90. The second-order valence-electron chi connectivity index (χ2n) is 9.90. The first kappa shape index (κ1) is 21.9. The third-order valence-corrected chi connectivity index (χ3v) is 7.47. The Morgan fingerprint density at radius 2 is 2.00 bits per heavy atom. The lowest BCUT2D eigenvalue weighted by Crippen LogP contribution is -2.43. The van der Waals surface area contributed by atoms with Crippen LogP contribution in [0.1, 0.15) is 37.8 Å². The first-order valence-corrected chi connectivity index (χ1v) is 12.5. The summed E-state index contributed by atoms with van der Waals surface area (Å²) in [5.74, 6) is 1.02. The topological polar surface area (TPSA) is 95.2 Å². The molecule has 0 spiro atoms. The van der Waals surface area contributed by atoms with Gasteiger partial charge in [0.25, 0.3) is 0 Å². The summed E-state index contributed by atoms with van der Waals surface area (Å²) < 4.78 is 8.77. The largest absolute Gasteiger partial charge is 0.488 e. The number of imidazole rings is 1. The SMILES string of the molecule is CC(Oc1cc(-c2ccc(N3CCNCC3)c(C#N)c2)cc2ncn(C3CC3)c12)C1CNC(=O)C1. The van der Waals surface area contributed by atoms with Crippen LogP contribution in [0.5, 0.6) is 5.75 Å². The van der Waals surface area contributed by atoms with E-state index in [0.29, 0.717) is 24.6 Å². The summed E-state index contributed by atoms with van der Waals surface area (Å²) in [4.78, 5) is 18.7. The Morgan fingerprint density at radius 1 is 1.17 bits per heavy atom. The Balaban J connectivity index is 1.38. The molecule has 2 aromatic carbocycles. The molecular formula is C27H30N6O2. The van der Waals surface area contributed by atoms with Crippen LogP contribution in [-0.4, -0.2) is 54.3 Å². The molecular weight excluding hydrogens is 440 g/mol. The highest BCUT2D eigenvalue weighted by Crippen LogP contribution is 2.42. The molecule has 1 aromatic heterocycles. The van der Waals surface area contributed by atoms with E-state index in [2.05, 4.69) is 50.4 Å². The highest BCUT2D eigenvalue weighted by atomic mass is 16.5. The number of nitrogens with zero attached hydrogens (tertiary/aromatic N) is 4. The van der Waals surface area contributed by atoms with Gasteiger partial charge in [-0.1, -0.05) is 6.07 Å². The third-order valence-electron chi connectivity index (χ3n) is 7.47. The van der Waals surface area contributed by atoms with E-state index in [4.69, 9.17) is 9.72 Å². The summed E-state index contributed by atoms with van der Waals surface area (Å²) in [6.45, 7) is 6.32. The molecule has 2 aliphatic heterocycles. The monoisotopic (exact) mass is 470 g/mol. The summed E-state index contributed by atoms with van der Waals surface area (Å²) >= 11 is 0. The van der Waals surface area contributed by atoms with Crippen LogP contribution in [0.4, 0.5) is 5.69 Å². The molecule has 2 unspecified atom stereocenters. The van der Waals surface area contributed by atoms with E-state index in [-0.39, 0.29) is 17.9 Å². The minimum Gasteiger partial charge on any atom is -0.488 e. The Kier molecular flexibility index (Phi) is 5.57. The predicted octanol–water partition coefficient (Wildman–Crippen LogP) is 3.22. The normalized spacial score (nSPS) is 21.1. The van der Waals surface area contributed by atoms with Crippen molar-refractivity contribution in [3.05, 3.63) is 42.2 Å². The van der Waals surface area contributed by atoms with E-state index < -0.39 is 0 Å². The van der Waals surface area contributed by atoms with Crippen LogP contribution in [0.2, 0.25) is 0 Å². The number of piperazine rings is 1. The number of ether oxygens (including phenoxy) is 1. The lowest BCUT2D eigenvalue weighted by atomic mass is 10.00. The maximum absolute atomic E-state index is 11.8. The van der Waals surface area contributed by atoms with Crippen LogP contribution < -0.4 is 20.3 Å². The molecule has 3 heterocycles. The Hall–Kier alpha value is -3.57. The van der Waals surface area contributed by atoms with Gasteiger partial charge >= 0.3 is 0 Å². The van der Waals surface area contributed by atoms with E-state index in [9.17, 15) is 10.1 Å². The molecule has 180 valence electrons. The number of benzene rings is 2. The van der Waals surface area contributed by atoms with E-state index >= 15 is 0 Å². The molecule has 8 heteroatoms. The van der Waals surface area contributed by atoms with Crippen LogP contribution in [0.15, 0.2) is 36.7 Å². The summed E-state index contributed by atoms with van der Waals surface area (Å²) in [6, 6.07) is 13.2. The molecule has 1 aliphatic carbocycles. The van der Waals surface area contributed by atoms with E-state index in [0.717, 1.165) is 72.6 Å². The average molecular weight is 471 g/mol. The van der Waals surface area contributed by atoms with Crippen molar-refractivity contribution >= 4 is 22.6 Å². The van der Waals surface area contributed by atoms with E-state index in [1.807, 2.05) is 19.3 Å². The molecule has 0 radical (unpaired) electrons. The summed E-state index contributed by atoms with van der Waals surface area (Å²) in [7, 11) is 0. The zero-order valence-electron chi connectivity index (χ0n) is 20.0. The van der Waals surface area contributed by atoms with Crippen LogP contribution >= 0.6 is 0 Å². The summed E-state index contributed by atoms with van der Waals surface area (Å²) in [5.41, 5.74) is 5.52. The van der Waals surface area contributed by atoms with Crippen molar-refractivity contribution in [3.63, 3.8) is 0 Å². The maximum atomic E-state index is 11.8. The number of nitriles is 1. The summed E-state index contributed by atoms with van der Waals surface area (Å²) in [5, 5.41) is 16.2. The highest BCUT2D eigenvalue weighted by molar-refractivity contribution is 5.89. The molecule has 6 rings (SSSR count). The lowest BCUT2D eigenvalue weighted by Gasteiger charge is -2.30. The van der Waals surface area contributed by atoms with Crippen LogP contribution in [-0.2, 0) is 4.79 Å². The van der Waals surface area contributed by atoms with Gasteiger partial charge in [0, 0.05) is 51.1 Å². The smallest absolute Gasteiger partial charge is 0.220 e. The van der Waals surface area contributed by atoms with Crippen molar-refractivity contribution in [2.75, 3.05) is 37.6 Å². The third kappa shape index (κ3) is 4.21. The molecule has 35 heavy (non-hydrogen) atoms. The maximum Gasteiger partial charge on any atom is 0.220 e. The quantitative estimate of drug-likeness (QED) is 0.574. The van der Waals surface area contributed by atoms with Gasteiger partial charge in [0.2, 0.25) is 5.91 Å². The Bertz CT molecular complexity index is 1320. The van der Waals surface area contributed by atoms with Crippen LogP contribution in [0, 0.1) is 17.2 Å². The average Bonchev–Trinajstić information content (AvgIpc) is 3.49. The fraction of sp³-hybridized carbons (Fsp3) is 0.444. The van der Waals surface area contributed by atoms with Crippen molar-refractivity contribution in [2.24, 2.45) is 5.92 Å². The number of carbonyl (C=O) groups excluding carboxylic acids is 1. The minimum atomic E-state index is -0.111. The van der Waals surface area contributed by atoms with Gasteiger partial charge in [-0.05, 0) is 55.2 Å². The molecule has 3 fully saturated rings. The fourth-order valence-corrected chi connectivity index (χ4v) is 5.26. The fourth-order valence-electron chi connectivity index (χ4n) is 5.26. The van der Waals surface area contributed by atoms with Crippen LogP contribution in [0.3, 0.4) is 0 Å². The molecule has 1 amide bonds. The molecule has 8 nitrogen and oxygen atoms in total. The van der Waals surface area contributed by atoms with E-state index in [1.165, 1.54) is 0 Å². The number of hydrogen-bond acceptors (Lipinski definition) is 6. The van der Waals surface area contributed by atoms with Gasteiger partial charge in [-0.2, -0.15) is 5.26 Å².